The monoisotopic (exact) mass is 274 g/mol. The average molecular weight is 274 g/mol. The van der Waals surface area contributed by atoms with E-state index in [1.165, 1.54) is 4.90 Å². The largest absolute Gasteiger partial charge is 0.695 e. The van der Waals surface area contributed by atoms with E-state index >= 15 is 0 Å². The SMILES string of the molecule is C#CCCCC(=O)N1C[C@H](O[P+](=O)O)C[C@H]1CO. The van der Waals surface area contributed by atoms with Crippen LogP contribution >= 0.6 is 8.25 Å². The van der Waals surface area contributed by atoms with Crippen LogP contribution in [-0.2, 0) is 13.9 Å². The average Bonchev–Trinajstić information content (AvgIpc) is 2.71. The molecule has 0 spiro atoms. The summed E-state index contributed by atoms with van der Waals surface area (Å²) in [6, 6.07) is -0.344. The minimum atomic E-state index is -2.68. The van der Waals surface area contributed by atoms with Crippen molar-refractivity contribution in [1.29, 1.82) is 0 Å². The standard InChI is InChI=1S/C11H16NO5P/c1-2-3-4-5-11(14)12-7-10(17-18(15)16)6-9(12)8-13/h1,9-10,13H,3-8H2/p+1/t9-,10+/m0/s1. The number of hydrogen-bond donors (Lipinski definition) is 2. The van der Waals surface area contributed by atoms with Gasteiger partial charge in [-0.15, -0.1) is 21.8 Å². The molecule has 1 amide bonds. The molecule has 2 N–H and O–H groups in total. The van der Waals surface area contributed by atoms with Crippen molar-refractivity contribution in [1.82, 2.24) is 4.90 Å². The number of aliphatic hydroxyl groups excluding tert-OH is 1. The molecule has 0 bridgehead atoms. The molecule has 0 aromatic rings. The lowest BCUT2D eigenvalue weighted by atomic mass is 10.2. The van der Waals surface area contributed by atoms with Gasteiger partial charge in [-0.05, 0) is 6.42 Å². The third kappa shape index (κ3) is 4.35. The molecule has 0 radical (unpaired) electrons. The predicted molar refractivity (Wildman–Crippen MR) is 64.6 cm³/mol. The van der Waals surface area contributed by atoms with Crippen LogP contribution in [0.25, 0.3) is 0 Å². The number of hydrogen-bond acceptors (Lipinski definition) is 4. The number of carbonyl (C=O) groups excluding carboxylic acids is 1. The van der Waals surface area contributed by atoms with Gasteiger partial charge in [-0.3, -0.25) is 4.79 Å². The highest BCUT2D eigenvalue weighted by Crippen LogP contribution is 2.28. The number of amides is 1. The molecule has 6 nitrogen and oxygen atoms in total. The first kappa shape index (κ1) is 15.1. The van der Waals surface area contributed by atoms with E-state index in [9.17, 15) is 14.5 Å². The van der Waals surface area contributed by atoms with Gasteiger partial charge in [-0.25, -0.2) is 0 Å². The third-order valence-electron chi connectivity index (χ3n) is 2.86. The van der Waals surface area contributed by atoms with Crippen molar-refractivity contribution in [2.45, 2.75) is 37.8 Å². The number of terminal acetylenes is 1. The summed E-state index contributed by atoms with van der Waals surface area (Å²) in [6.07, 6.45) is 6.44. The van der Waals surface area contributed by atoms with Gasteiger partial charge in [-0.2, -0.15) is 0 Å². The van der Waals surface area contributed by atoms with E-state index in [0.717, 1.165) is 0 Å². The van der Waals surface area contributed by atoms with Crippen LogP contribution in [0.5, 0.6) is 0 Å². The molecule has 100 valence electrons. The van der Waals surface area contributed by atoms with Crippen molar-refractivity contribution in [3.63, 3.8) is 0 Å². The van der Waals surface area contributed by atoms with Gasteiger partial charge < -0.3 is 10.0 Å². The lowest BCUT2D eigenvalue weighted by Gasteiger charge is -2.22. The van der Waals surface area contributed by atoms with Gasteiger partial charge >= 0.3 is 8.25 Å². The van der Waals surface area contributed by atoms with Crippen LogP contribution < -0.4 is 0 Å². The summed E-state index contributed by atoms with van der Waals surface area (Å²) >= 11 is 0. The highest BCUT2D eigenvalue weighted by atomic mass is 31.1. The number of unbranched alkanes of at least 4 members (excludes halogenated alkanes) is 1. The summed E-state index contributed by atoms with van der Waals surface area (Å²) in [4.78, 5) is 22.0. The lowest BCUT2D eigenvalue weighted by molar-refractivity contribution is -0.133. The second-order valence-electron chi connectivity index (χ2n) is 4.14. The van der Waals surface area contributed by atoms with Gasteiger partial charge in [0.1, 0.15) is 6.10 Å². The maximum absolute atomic E-state index is 11.9. The number of aliphatic hydroxyl groups is 1. The Labute approximate surface area is 107 Å². The number of carbonyl (C=O) groups is 1. The second-order valence-corrected chi connectivity index (χ2v) is 4.83. The lowest BCUT2D eigenvalue weighted by Crippen LogP contribution is -2.37. The maximum Gasteiger partial charge on any atom is 0.695 e. The van der Waals surface area contributed by atoms with Gasteiger partial charge in [0.05, 0.1) is 19.2 Å². The van der Waals surface area contributed by atoms with Crippen molar-refractivity contribution >= 4 is 14.2 Å². The Morgan fingerprint density at radius 3 is 2.89 bits per heavy atom. The predicted octanol–water partition coefficient (Wildman–Crippen LogP) is 0.418. The zero-order valence-corrected chi connectivity index (χ0v) is 10.9. The molecule has 3 atom stereocenters. The fourth-order valence-corrected chi connectivity index (χ4v) is 2.45. The summed E-state index contributed by atoms with van der Waals surface area (Å²) in [5.74, 6) is 2.35. The molecule has 0 aromatic heterocycles. The van der Waals surface area contributed by atoms with E-state index in [1.54, 1.807) is 0 Å². The fraction of sp³-hybridized carbons (Fsp3) is 0.727. The molecular weight excluding hydrogens is 257 g/mol. The summed E-state index contributed by atoms with van der Waals surface area (Å²) in [5.41, 5.74) is 0. The molecule has 0 saturated carbocycles. The van der Waals surface area contributed by atoms with Crippen LogP contribution in [0.15, 0.2) is 0 Å². The molecule has 1 rings (SSSR count). The van der Waals surface area contributed by atoms with E-state index in [2.05, 4.69) is 5.92 Å². The van der Waals surface area contributed by atoms with Crippen LogP contribution in [0, 0.1) is 12.3 Å². The zero-order chi connectivity index (χ0) is 13.5. The van der Waals surface area contributed by atoms with Gasteiger partial charge in [-0.1, -0.05) is 0 Å². The molecule has 1 fully saturated rings. The second kappa shape index (κ2) is 7.45. The fourth-order valence-electron chi connectivity index (χ4n) is 2.04. The van der Waals surface area contributed by atoms with E-state index in [4.69, 9.17) is 15.8 Å². The maximum atomic E-state index is 11.9. The summed E-state index contributed by atoms with van der Waals surface area (Å²) in [5, 5.41) is 9.19. The van der Waals surface area contributed by atoms with Gasteiger partial charge in [0.15, 0.2) is 0 Å². The molecule has 0 aliphatic carbocycles. The van der Waals surface area contributed by atoms with Gasteiger partial charge in [0.25, 0.3) is 0 Å². The molecule has 1 saturated heterocycles. The minimum absolute atomic E-state index is 0.108. The molecule has 0 aromatic carbocycles. The Morgan fingerprint density at radius 1 is 1.61 bits per heavy atom. The normalized spacial score (nSPS) is 23.8. The van der Waals surface area contributed by atoms with Crippen molar-refractivity contribution in [3.05, 3.63) is 0 Å². The number of rotatable bonds is 6. The first-order valence-corrected chi connectivity index (χ1v) is 6.88. The summed E-state index contributed by atoms with van der Waals surface area (Å²) in [7, 11) is -2.68. The van der Waals surface area contributed by atoms with Crippen molar-refractivity contribution < 1.29 is 23.9 Å². The summed E-state index contributed by atoms with van der Waals surface area (Å²) < 4.78 is 15.4. The van der Waals surface area contributed by atoms with Gasteiger partial charge in [0.2, 0.25) is 5.91 Å². The Morgan fingerprint density at radius 2 is 2.33 bits per heavy atom. The Hall–Kier alpha value is -0.990. The van der Waals surface area contributed by atoms with E-state index in [-0.39, 0.29) is 25.1 Å². The first-order valence-electron chi connectivity index (χ1n) is 5.75. The molecular formula is C11H17NO5P+. The molecule has 7 heteroatoms. The van der Waals surface area contributed by atoms with Crippen molar-refractivity contribution in [3.8, 4) is 12.3 Å². The quantitative estimate of drug-likeness (QED) is 0.416. The summed E-state index contributed by atoms with van der Waals surface area (Å²) in [6.45, 7) is 0.0602. The first-order chi connectivity index (χ1) is 8.58. The van der Waals surface area contributed by atoms with Gasteiger partial charge in [0, 0.05) is 23.8 Å². The van der Waals surface area contributed by atoms with Crippen LogP contribution in [0.3, 0.4) is 0 Å². The van der Waals surface area contributed by atoms with E-state index < -0.39 is 14.4 Å². The number of nitrogens with zero attached hydrogens (tertiary/aromatic N) is 1. The Balaban J connectivity index is 2.50. The van der Waals surface area contributed by atoms with Crippen LogP contribution in [0.1, 0.15) is 25.7 Å². The topological polar surface area (TPSA) is 87.1 Å². The number of likely N-dealkylation sites (tertiary alicyclic amines) is 1. The molecule has 1 aliphatic heterocycles. The molecule has 1 aliphatic rings. The highest BCUT2D eigenvalue weighted by molar-refractivity contribution is 7.32. The molecule has 18 heavy (non-hydrogen) atoms. The van der Waals surface area contributed by atoms with E-state index in [1.807, 2.05) is 0 Å². The smallest absolute Gasteiger partial charge is 0.394 e. The van der Waals surface area contributed by atoms with Crippen LogP contribution in [-0.4, -0.2) is 46.1 Å². The zero-order valence-electron chi connectivity index (χ0n) is 9.99. The Kier molecular flexibility index (Phi) is 6.23. The van der Waals surface area contributed by atoms with Crippen molar-refractivity contribution in [2.24, 2.45) is 0 Å². The molecule has 1 heterocycles. The third-order valence-corrected chi connectivity index (χ3v) is 3.34. The van der Waals surface area contributed by atoms with E-state index in [0.29, 0.717) is 25.7 Å². The van der Waals surface area contributed by atoms with Crippen LogP contribution in [0.4, 0.5) is 0 Å². The van der Waals surface area contributed by atoms with Crippen LogP contribution in [0.2, 0.25) is 0 Å². The Bertz CT molecular complexity index is 354. The van der Waals surface area contributed by atoms with Crippen molar-refractivity contribution in [2.75, 3.05) is 13.2 Å². The molecule has 1 unspecified atom stereocenters. The highest BCUT2D eigenvalue weighted by Gasteiger charge is 2.39. The minimum Gasteiger partial charge on any atom is -0.394 e.